The van der Waals surface area contributed by atoms with Gasteiger partial charge in [-0.15, -0.1) is 0 Å². The van der Waals surface area contributed by atoms with E-state index in [1.54, 1.807) is 0 Å². The van der Waals surface area contributed by atoms with Gasteiger partial charge in [0.05, 0.1) is 5.92 Å². The first-order valence-electron chi connectivity index (χ1n) is 4.04. The molecule has 0 unspecified atom stereocenters. The molecular formula is C8H15NO2. The van der Waals surface area contributed by atoms with Crippen molar-refractivity contribution in [3.8, 4) is 0 Å². The van der Waals surface area contributed by atoms with Gasteiger partial charge in [0.15, 0.2) is 0 Å². The third kappa shape index (κ3) is 1.93. The molecule has 3 heteroatoms. The van der Waals surface area contributed by atoms with Crippen LogP contribution in [0.5, 0.6) is 0 Å². The molecule has 0 aliphatic carbocycles. The molecule has 11 heavy (non-hydrogen) atoms. The van der Waals surface area contributed by atoms with Gasteiger partial charge in [0.2, 0.25) is 0 Å². The molecule has 1 heterocycles. The number of rotatable bonds is 1. The van der Waals surface area contributed by atoms with Gasteiger partial charge in [-0.1, -0.05) is 0 Å². The van der Waals surface area contributed by atoms with E-state index in [1.807, 2.05) is 7.05 Å². The van der Waals surface area contributed by atoms with Crippen molar-refractivity contribution >= 4 is 5.97 Å². The van der Waals surface area contributed by atoms with Gasteiger partial charge in [0, 0.05) is 12.6 Å². The number of carboxylic acid groups (broad SMARTS) is 1. The molecule has 1 rings (SSSR count). The summed E-state index contributed by atoms with van der Waals surface area (Å²) in [6.07, 6.45) is 1.84. The van der Waals surface area contributed by atoms with E-state index in [-0.39, 0.29) is 5.92 Å². The van der Waals surface area contributed by atoms with Crippen LogP contribution in [0.1, 0.15) is 19.8 Å². The largest absolute Gasteiger partial charge is 0.481 e. The molecule has 0 amide bonds. The molecule has 1 aliphatic heterocycles. The van der Waals surface area contributed by atoms with Crippen LogP contribution in [0.15, 0.2) is 0 Å². The van der Waals surface area contributed by atoms with Gasteiger partial charge in [-0.3, -0.25) is 4.79 Å². The van der Waals surface area contributed by atoms with Crippen LogP contribution in [0.2, 0.25) is 0 Å². The van der Waals surface area contributed by atoms with Crippen LogP contribution in [0.4, 0.5) is 0 Å². The third-order valence-corrected chi connectivity index (χ3v) is 2.54. The fourth-order valence-electron chi connectivity index (χ4n) is 1.48. The summed E-state index contributed by atoms with van der Waals surface area (Å²) >= 11 is 0. The Kier molecular flexibility index (Phi) is 2.49. The lowest BCUT2D eigenvalue weighted by atomic mass is 9.94. The summed E-state index contributed by atoms with van der Waals surface area (Å²) in [4.78, 5) is 12.7. The third-order valence-electron chi connectivity index (χ3n) is 2.54. The van der Waals surface area contributed by atoms with E-state index < -0.39 is 5.97 Å². The van der Waals surface area contributed by atoms with Gasteiger partial charge in [0.25, 0.3) is 0 Å². The molecule has 0 aromatic carbocycles. The number of carboxylic acids is 1. The Balaban J connectivity index is 2.46. The normalized spacial score (nSPS) is 33.6. The van der Waals surface area contributed by atoms with Gasteiger partial charge in [-0.05, 0) is 26.8 Å². The summed E-state index contributed by atoms with van der Waals surface area (Å²) in [7, 11) is 1.99. The number of hydrogen-bond acceptors (Lipinski definition) is 2. The van der Waals surface area contributed by atoms with Crippen molar-refractivity contribution in [3.05, 3.63) is 0 Å². The van der Waals surface area contributed by atoms with Crippen LogP contribution in [0.3, 0.4) is 0 Å². The Hall–Kier alpha value is -0.570. The summed E-state index contributed by atoms with van der Waals surface area (Å²) in [5.74, 6) is -0.792. The first-order chi connectivity index (χ1) is 5.11. The van der Waals surface area contributed by atoms with Gasteiger partial charge < -0.3 is 10.0 Å². The molecule has 2 atom stereocenters. The lowest BCUT2D eigenvalue weighted by Gasteiger charge is -2.33. The van der Waals surface area contributed by atoms with E-state index in [9.17, 15) is 4.79 Å². The Morgan fingerprint density at radius 1 is 1.55 bits per heavy atom. The van der Waals surface area contributed by atoms with Gasteiger partial charge in [-0.2, -0.15) is 0 Å². The lowest BCUT2D eigenvalue weighted by Crippen LogP contribution is -2.41. The topological polar surface area (TPSA) is 40.5 Å². The lowest BCUT2D eigenvalue weighted by molar-refractivity contribution is -0.143. The van der Waals surface area contributed by atoms with Crippen molar-refractivity contribution in [1.29, 1.82) is 0 Å². The summed E-state index contributed by atoms with van der Waals surface area (Å²) in [6.45, 7) is 2.84. The van der Waals surface area contributed by atoms with Crippen molar-refractivity contribution in [3.63, 3.8) is 0 Å². The van der Waals surface area contributed by atoms with Gasteiger partial charge in [-0.25, -0.2) is 0 Å². The minimum Gasteiger partial charge on any atom is -0.481 e. The van der Waals surface area contributed by atoms with E-state index in [0.29, 0.717) is 12.6 Å². The van der Waals surface area contributed by atoms with Crippen molar-refractivity contribution in [2.45, 2.75) is 25.8 Å². The van der Waals surface area contributed by atoms with Gasteiger partial charge >= 0.3 is 5.97 Å². The highest BCUT2D eigenvalue weighted by Crippen LogP contribution is 2.19. The zero-order valence-electron chi connectivity index (χ0n) is 7.08. The molecule has 3 nitrogen and oxygen atoms in total. The first kappa shape index (κ1) is 8.53. The summed E-state index contributed by atoms with van der Waals surface area (Å²) < 4.78 is 0. The van der Waals surface area contributed by atoms with Crippen molar-refractivity contribution in [2.75, 3.05) is 13.6 Å². The van der Waals surface area contributed by atoms with Crippen LogP contribution < -0.4 is 0 Å². The predicted molar refractivity (Wildman–Crippen MR) is 42.5 cm³/mol. The fraction of sp³-hybridized carbons (Fsp3) is 0.875. The second kappa shape index (κ2) is 3.22. The monoisotopic (exact) mass is 157 g/mol. The molecular weight excluding hydrogens is 142 g/mol. The predicted octanol–water partition coefficient (Wildman–Crippen LogP) is 0.801. The van der Waals surface area contributed by atoms with Crippen LogP contribution in [0, 0.1) is 5.92 Å². The molecule has 0 aromatic heterocycles. The molecule has 0 saturated carbocycles. The zero-order chi connectivity index (χ0) is 8.43. The fourth-order valence-corrected chi connectivity index (χ4v) is 1.48. The number of carbonyl (C=O) groups is 1. The second-order valence-corrected chi connectivity index (χ2v) is 3.40. The maximum absolute atomic E-state index is 10.6. The molecule has 0 aromatic rings. The van der Waals surface area contributed by atoms with E-state index in [4.69, 9.17) is 5.11 Å². The average Bonchev–Trinajstić information content (AvgIpc) is 1.94. The molecule has 1 aliphatic rings. The maximum atomic E-state index is 10.6. The number of nitrogens with zero attached hydrogens (tertiary/aromatic N) is 1. The van der Waals surface area contributed by atoms with E-state index in [1.165, 1.54) is 0 Å². The molecule has 1 saturated heterocycles. The number of piperidine rings is 1. The molecule has 1 fully saturated rings. The van der Waals surface area contributed by atoms with Crippen LogP contribution in [-0.2, 0) is 4.79 Å². The van der Waals surface area contributed by atoms with Crippen molar-refractivity contribution < 1.29 is 9.90 Å². The van der Waals surface area contributed by atoms with Gasteiger partial charge in [0.1, 0.15) is 0 Å². The molecule has 0 bridgehead atoms. The Bertz CT molecular complexity index is 158. The van der Waals surface area contributed by atoms with Crippen LogP contribution in [0.25, 0.3) is 0 Å². The van der Waals surface area contributed by atoms with Crippen molar-refractivity contribution in [1.82, 2.24) is 4.90 Å². The Morgan fingerprint density at radius 2 is 2.18 bits per heavy atom. The number of aliphatic carboxylic acids is 1. The Labute approximate surface area is 67.0 Å². The molecule has 0 radical (unpaired) electrons. The highest BCUT2D eigenvalue weighted by molar-refractivity contribution is 5.70. The second-order valence-electron chi connectivity index (χ2n) is 3.40. The van der Waals surface area contributed by atoms with Crippen LogP contribution >= 0.6 is 0 Å². The maximum Gasteiger partial charge on any atom is 0.307 e. The SMILES string of the molecule is C[C@@H]1CC[C@H](C(=O)O)CN1C. The van der Waals surface area contributed by atoms with Crippen molar-refractivity contribution in [2.24, 2.45) is 5.92 Å². The zero-order valence-corrected chi connectivity index (χ0v) is 7.08. The van der Waals surface area contributed by atoms with E-state index >= 15 is 0 Å². The summed E-state index contributed by atoms with van der Waals surface area (Å²) in [6, 6.07) is 0.547. The highest BCUT2D eigenvalue weighted by Gasteiger charge is 2.26. The number of hydrogen-bond donors (Lipinski definition) is 1. The van der Waals surface area contributed by atoms with E-state index in [0.717, 1.165) is 12.8 Å². The summed E-state index contributed by atoms with van der Waals surface area (Å²) in [5, 5.41) is 8.72. The molecule has 64 valence electrons. The smallest absolute Gasteiger partial charge is 0.307 e. The van der Waals surface area contributed by atoms with E-state index in [2.05, 4.69) is 11.8 Å². The minimum atomic E-state index is -0.649. The Morgan fingerprint density at radius 3 is 2.64 bits per heavy atom. The first-order valence-corrected chi connectivity index (χ1v) is 4.04. The number of likely N-dealkylation sites (tertiary alicyclic amines) is 1. The van der Waals surface area contributed by atoms with Crippen LogP contribution in [-0.4, -0.2) is 35.6 Å². The highest BCUT2D eigenvalue weighted by atomic mass is 16.4. The summed E-state index contributed by atoms with van der Waals surface area (Å²) in [5.41, 5.74) is 0. The molecule has 0 spiro atoms. The molecule has 1 N–H and O–H groups in total. The average molecular weight is 157 g/mol. The quantitative estimate of drug-likeness (QED) is 0.612. The standard InChI is InChI=1S/C8H15NO2/c1-6-3-4-7(8(10)11)5-9(6)2/h6-7H,3-5H2,1-2H3,(H,10,11)/t6-,7+/m1/s1. The minimum absolute atomic E-state index is 0.142.